The van der Waals surface area contributed by atoms with E-state index in [2.05, 4.69) is 4.98 Å². The highest BCUT2D eigenvalue weighted by atomic mass is 35.5. The number of alkyl halides is 1. The van der Waals surface area contributed by atoms with Gasteiger partial charge >= 0.3 is 0 Å². The van der Waals surface area contributed by atoms with E-state index in [0.29, 0.717) is 11.6 Å². The molecule has 2 heterocycles. The Labute approximate surface area is 115 Å². The number of unbranched alkanes of at least 4 members (excludes halogenated alkanes) is 1. The molecule has 0 unspecified atom stereocenters. The molecule has 0 aliphatic rings. The Balaban J connectivity index is 2.42. The summed E-state index contributed by atoms with van der Waals surface area (Å²) < 4.78 is 18.0. The summed E-state index contributed by atoms with van der Waals surface area (Å²) >= 11 is 7.58. The van der Waals surface area contributed by atoms with Crippen molar-refractivity contribution in [3.8, 4) is 0 Å². The van der Waals surface area contributed by atoms with Gasteiger partial charge in [0.2, 0.25) is 0 Å². The molecule has 2 rings (SSSR count). The second-order valence-electron chi connectivity index (χ2n) is 4.12. The van der Waals surface area contributed by atoms with Gasteiger partial charge in [0.1, 0.15) is 16.4 Å². The Kier molecular flexibility index (Phi) is 4.51. The third-order valence-electron chi connectivity index (χ3n) is 2.91. The Hall–Kier alpha value is -0.740. The van der Waals surface area contributed by atoms with Gasteiger partial charge in [0, 0.05) is 12.0 Å². The lowest BCUT2D eigenvalue weighted by Crippen LogP contribution is -1.87. The van der Waals surface area contributed by atoms with Gasteiger partial charge in [-0.3, -0.25) is 4.39 Å². The summed E-state index contributed by atoms with van der Waals surface area (Å²) in [6, 6.07) is 1.81. The van der Waals surface area contributed by atoms with Crippen LogP contribution < -0.4 is 0 Å². The van der Waals surface area contributed by atoms with Crippen LogP contribution >= 0.6 is 23.4 Å². The standard InChI is InChI=1S/C13H15ClFNOS/c1-8-9(5-3-4-6-15)17-13-10(18-2)7-11(14)16-12(8)13/h7H,3-6H2,1-2H3. The molecule has 2 nitrogen and oxygen atoms in total. The van der Waals surface area contributed by atoms with Crippen molar-refractivity contribution in [1.82, 2.24) is 4.98 Å². The number of furan rings is 1. The Morgan fingerprint density at radius 3 is 2.89 bits per heavy atom. The van der Waals surface area contributed by atoms with Crippen LogP contribution in [0.25, 0.3) is 11.1 Å². The summed E-state index contributed by atoms with van der Waals surface area (Å²) in [4.78, 5) is 5.31. The monoisotopic (exact) mass is 287 g/mol. The van der Waals surface area contributed by atoms with E-state index in [9.17, 15) is 4.39 Å². The number of aromatic nitrogens is 1. The molecule has 2 aromatic rings. The lowest BCUT2D eigenvalue weighted by molar-refractivity contribution is 0.449. The van der Waals surface area contributed by atoms with Gasteiger partial charge in [-0.05, 0) is 32.1 Å². The molecule has 0 aromatic carbocycles. The van der Waals surface area contributed by atoms with Crippen molar-refractivity contribution in [2.24, 2.45) is 0 Å². The largest absolute Gasteiger partial charge is 0.458 e. The minimum absolute atomic E-state index is 0.278. The molecule has 2 aromatic heterocycles. The molecule has 0 atom stereocenters. The number of rotatable bonds is 5. The Bertz CT molecular complexity index is 555. The molecule has 0 saturated carbocycles. The van der Waals surface area contributed by atoms with Crippen molar-refractivity contribution in [2.45, 2.75) is 31.1 Å². The number of hydrogen-bond donors (Lipinski definition) is 0. The molecule has 18 heavy (non-hydrogen) atoms. The first-order chi connectivity index (χ1) is 8.67. The van der Waals surface area contributed by atoms with E-state index in [4.69, 9.17) is 16.0 Å². The second kappa shape index (κ2) is 5.93. The van der Waals surface area contributed by atoms with E-state index in [-0.39, 0.29) is 6.67 Å². The number of halogens is 2. The van der Waals surface area contributed by atoms with Crippen molar-refractivity contribution in [3.63, 3.8) is 0 Å². The van der Waals surface area contributed by atoms with E-state index in [1.165, 1.54) is 0 Å². The van der Waals surface area contributed by atoms with E-state index < -0.39 is 0 Å². The fourth-order valence-electron chi connectivity index (χ4n) is 1.94. The molecule has 0 amide bonds. The van der Waals surface area contributed by atoms with Crippen LogP contribution in [0.2, 0.25) is 5.15 Å². The average Bonchev–Trinajstić information content (AvgIpc) is 2.67. The number of thioether (sulfide) groups is 1. The smallest absolute Gasteiger partial charge is 0.166 e. The highest BCUT2D eigenvalue weighted by Gasteiger charge is 2.15. The first-order valence-corrected chi connectivity index (χ1v) is 7.46. The molecular formula is C13H15ClFNOS. The highest BCUT2D eigenvalue weighted by molar-refractivity contribution is 7.98. The topological polar surface area (TPSA) is 26.0 Å². The van der Waals surface area contributed by atoms with Gasteiger partial charge < -0.3 is 4.42 Å². The molecular weight excluding hydrogens is 273 g/mol. The minimum atomic E-state index is -0.278. The molecule has 0 fully saturated rings. The SMILES string of the molecule is CSc1cc(Cl)nc2c(C)c(CCCCF)oc12. The fourth-order valence-corrected chi connectivity index (χ4v) is 2.75. The van der Waals surface area contributed by atoms with E-state index >= 15 is 0 Å². The van der Waals surface area contributed by atoms with Crippen LogP contribution in [-0.2, 0) is 6.42 Å². The molecule has 0 bridgehead atoms. The molecule has 0 aliphatic carbocycles. The maximum absolute atomic E-state index is 12.1. The highest BCUT2D eigenvalue weighted by Crippen LogP contribution is 2.33. The molecule has 0 aliphatic heterocycles. The van der Waals surface area contributed by atoms with E-state index in [1.54, 1.807) is 11.8 Å². The van der Waals surface area contributed by atoms with Crippen LogP contribution in [0.4, 0.5) is 4.39 Å². The van der Waals surface area contributed by atoms with Crippen molar-refractivity contribution >= 4 is 34.5 Å². The Morgan fingerprint density at radius 1 is 1.44 bits per heavy atom. The predicted octanol–water partition coefficient (Wildman–Crippen LogP) is 4.80. The van der Waals surface area contributed by atoms with Crippen LogP contribution in [-0.4, -0.2) is 17.9 Å². The number of nitrogens with zero attached hydrogens (tertiary/aromatic N) is 1. The van der Waals surface area contributed by atoms with E-state index in [0.717, 1.165) is 40.2 Å². The van der Waals surface area contributed by atoms with Crippen molar-refractivity contribution < 1.29 is 8.81 Å². The zero-order chi connectivity index (χ0) is 13.1. The van der Waals surface area contributed by atoms with Gasteiger partial charge in [-0.15, -0.1) is 11.8 Å². The van der Waals surface area contributed by atoms with Crippen molar-refractivity contribution in [3.05, 3.63) is 22.5 Å². The van der Waals surface area contributed by atoms with Gasteiger partial charge in [-0.1, -0.05) is 11.6 Å². The molecule has 5 heteroatoms. The summed E-state index contributed by atoms with van der Waals surface area (Å²) in [6.07, 6.45) is 4.09. The molecule has 0 saturated heterocycles. The lowest BCUT2D eigenvalue weighted by Gasteiger charge is -1.98. The number of hydrogen-bond acceptors (Lipinski definition) is 3. The van der Waals surface area contributed by atoms with Crippen LogP contribution in [0.15, 0.2) is 15.4 Å². The third-order valence-corrected chi connectivity index (χ3v) is 3.85. The minimum Gasteiger partial charge on any atom is -0.458 e. The van der Waals surface area contributed by atoms with Crippen LogP contribution in [0.1, 0.15) is 24.2 Å². The fraction of sp³-hybridized carbons (Fsp3) is 0.462. The van der Waals surface area contributed by atoms with Gasteiger partial charge in [0.15, 0.2) is 5.58 Å². The summed E-state index contributed by atoms with van der Waals surface area (Å²) in [7, 11) is 0. The maximum Gasteiger partial charge on any atom is 0.166 e. The molecule has 0 radical (unpaired) electrons. The lowest BCUT2D eigenvalue weighted by atomic mass is 10.1. The predicted molar refractivity (Wildman–Crippen MR) is 74.5 cm³/mol. The van der Waals surface area contributed by atoms with Crippen LogP contribution in [0.5, 0.6) is 0 Å². The quantitative estimate of drug-likeness (QED) is 0.449. The van der Waals surface area contributed by atoms with Gasteiger partial charge in [0.05, 0.1) is 11.6 Å². The van der Waals surface area contributed by atoms with Gasteiger partial charge in [0.25, 0.3) is 0 Å². The van der Waals surface area contributed by atoms with Crippen LogP contribution in [0.3, 0.4) is 0 Å². The van der Waals surface area contributed by atoms with E-state index in [1.807, 2.05) is 19.2 Å². The first kappa shape index (κ1) is 13.7. The van der Waals surface area contributed by atoms with Crippen molar-refractivity contribution in [1.29, 1.82) is 0 Å². The Morgan fingerprint density at radius 2 is 2.22 bits per heavy atom. The average molecular weight is 288 g/mol. The summed E-state index contributed by atoms with van der Waals surface area (Å²) in [5, 5.41) is 0.478. The molecule has 98 valence electrons. The normalized spacial score (nSPS) is 11.3. The van der Waals surface area contributed by atoms with Crippen LogP contribution in [0, 0.1) is 6.92 Å². The summed E-state index contributed by atoms with van der Waals surface area (Å²) in [5.74, 6) is 0.892. The van der Waals surface area contributed by atoms with Gasteiger partial charge in [-0.25, -0.2) is 4.98 Å². The summed E-state index contributed by atoms with van der Waals surface area (Å²) in [6.45, 7) is 1.70. The zero-order valence-electron chi connectivity index (χ0n) is 10.4. The molecule has 0 N–H and O–H groups in total. The molecule has 0 spiro atoms. The van der Waals surface area contributed by atoms with Gasteiger partial charge in [-0.2, -0.15) is 0 Å². The first-order valence-electron chi connectivity index (χ1n) is 5.85. The zero-order valence-corrected chi connectivity index (χ0v) is 12.0. The number of aryl methyl sites for hydroxylation is 2. The number of pyridine rings is 1. The number of fused-ring (bicyclic) bond motifs is 1. The third kappa shape index (κ3) is 2.64. The maximum atomic E-state index is 12.1. The van der Waals surface area contributed by atoms with Crippen molar-refractivity contribution in [2.75, 3.05) is 12.9 Å². The summed E-state index contributed by atoms with van der Waals surface area (Å²) in [5.41, 5.74) is 2.63. The second-order valence-corrected chi connectivity index (χ2v) is 5.36.